The summed E-state index contributed by atoms with van der Waals surface area (Å²) in [5.41, 5.74) is 2.39. The maximum atomic E-state index is 13.4. The Balaban J connectivity index is 1.67. The van der Waals surface area contributed by atoms with Crippen LogP contribution >= 0.6 is 0 Å². The molecule has 2 fully saturated rings. The second kappa shape index (κ2) is 6.12. The topological polar surface area (TPSA) is 70.1 Å². The van der Waals surface area contributed by atoms with Gasteiger partial charge < -0.3 is 0 Å². The summed E-state index contributed by atoms with van der Waals surface area (Å²) in [5.74, 6) is -1.96. The van der Waals surface area contributed by atoms with Crippen LogP contribution in [-0.2, 0) is 9.59 Å². The van der Waals surface area contributed by atoms with E-state index in [1.165, 1.54) is 4.90 Å². The van der Waals surface area contributed by atoms with Crippen LogP contribution in [0.25, 0.3) is 0 Å². The largest absolute Gasteiger partial charge is 0.292 e. The normalized spacial score (nSPS) is 27.6. The number of ketones is 1. The van der Waals surface area contributed by atoms with Gasteiger partial charge in [-0.15, -0.1) is 0 Å². The Morgan fingerprint density at radius 2 is 1.64 bits per heavy atom. The molecule has 6 nitrogen and oxygen atoms in total. The molecule has 0 spiro atoms. The summed E-state index contributed by atoms with van der Waals surface area (Å²) in [6.07, 6.45) is 1.71. The summed E-state index contributed by atoms with van der Waals surface area (Å²) in [7, 11) is 0. The highest BCUT2D eigenvalue weighted by Crippen LogP contribution is 2.52. The summed E-state index contributed by atoms with van der Waals surface area (Å²) in [6.45, 7) is 2.10. The van der Waals surface area contributed by atoms with E-state index in [1.54, 1.807) is 42.4 Å². The lowest BCUT2D eigenvalue weighted by atomic mass is 9.83. The van der Waals surface area contributed by atoms with Gasteiger partial charge in [0, 0.05) is 12.1 Å². The Hall–Kier alpha value is -3.28. The van der Waals surface area contributed by atoms with E-state index in [-0.39, 0.29) is 17.6 Å². The maximum Gasteiger partial charge on any atom is 0.235 e. The van der Waals surface area contributed by atoms with Gasteiger partial charge in [-0.1, -0.05) is 54.6 Å². The number of benzene rings is 2. The summed E-state index contributed by atoms with van der Waals surface area (Å²) in [4.78, 5) is 40.9. The molecule has 4 atom stereocenters. The zero-order valence-electron chi connectivity index (χ0n) is 15.4. The van der Waals surface area contributed by atoms with Crippen LogP contribution in [0.3, 0.4) is 0 Å². The van der Waals surface area contributed by atoms with Crippen LogP contribution in [0, 0.1) is 11.8 Å². The van der Waals surface area contributed by atoms with Crippen molar-refractivity contribution in [2.45, 2.75) is 19.0 Å². The summed E-state index contributed by atoms with van der Waals surface area (Å²) in [6, 6.07) is 15.5. The molecular formula is C22H19N3O3. The van der Waals surface area contributed by atoms with Gasteiger partial charge in [0.25, 0.3) is 0 Å². The van der Waals surface area contributed by atoms with Crippen molar-refractivity contribution in [3.05, 3.63) is 71.3 Å². The van der Waals surface area contributed by atoms with Crippen molar-refractivity contribution in [3.63, 3.8) is 0 Å². The van der Waals surface area contributed by atoms with Crippen molar-refractivity contribution < 1.29 is 14.4 Å². The van der Waals surface area contributed by atoms with Crippen LogP contribution in [0.15, 0.2) is 59.7 Å². The molecule has 3 heterocycles. The SMILES string of the molecule is CCN1C(=O)[C@@H]2[C@H](C1=O)[C@@H]1c3ccccc3C=NN1[C@@H]2C(=O)c1ccccc1. The van der Waals surface area contributed by atoms with Crippen LogP contribution in [0.4, 0.5) is 0 Å². The molecular weight excluding hydrogens is 354 g/mol. The predicted octanol–water partition coefficient (Wildman–Crippen LogP) is 2.26. The van der Waals surface area contributed by atoms with Crippen molar-refractivity contribution >= 4 is 23.8 Å². The number of hydrogen-bond donors (Lipinski definition) is 0. The van der Waals surface area contributed by atoms with Crippen LogP contribution in [0.5, 0.6) is 0 Å². The van der Waals surface area contributed by atoms with Crippen LogP contribution in [-0.4, -0.2) is 46.3 Å². The zero-order chi connectivity index (χ0) is 19.4. The fourth-order valence-corrected chi connectivity index (χ4v) is 4.82. The molecule has 28 heavy (non-hydrogen) atoms. The number of carbonyl (C=O) groups excluding carboxylic acids is 3. The molecule has 140 valence electrons. The lowest BCUT2D eigenvalue weighted by molar-refractivity contribution is -0.141. The number of likely N-dealkylation sites (tertiary alicyclic amines) is 1. The van der Waals surface area contributed by atoms with E-state index in [9.17, 15) is 14.4 Å². The second-order valence-electron chi connectivity index (χ2n) is 7.35. The van der Waals surface area contributed by atoms with Gasteiger partial charge in [-0.2, -0.15) is 5.10 Å². The zero-order valence-corrected chi connectivity index (χ0v) is 15.4. The molecule has 0 unspecified atom stereocenters. The van der Waals surface area contributed by atoms with E-state index in [4.69, 9.17) is 0 Å². The molecule has 0 aliphatic carbocycles. The molecule has 2 amide bonds. The third-order valence-electron chi connectivity index (χ3n) is 6.03. The number of imide groups is 1. The fourth-order valence-electron chi connectivity index (χ4n) is 4.82. The molecule has 0 bridgehead atoms. The number of rotatable bonds is 3. The Morgan fingerprint density at radius 1 is 0.964 bits per heavy atom. The quantitative estimate of drug-likeness (QED) is 0.611. The summed E-state index contributed by atoms with van der Waals surface area (Å²) in [5, 5.41) is 6.22. The van der Waals surface area contributed by atoms with E-state index in [0.29, 0.717) is 12.1 Å². The van der Waals surface area contributed by atoms with E-state index in [2.05, 4.69) is 5.10 Å². The van der Waals surface area contributed by atoms with Crippen molar-refractivity contribution in [1.29, 1.82) is 0 Å². The van der Waals surface area contributed by atoms with Crippen LogP contribution in [0.1, 0.15) is 34.5 Å². The standard InChI is InChI=1S/C22H19N3O3/c1-2-24-21(27)16-17(22(24)28)19(20(26)13-8-4-3-5-9-13)25-18(16)15-11-7-6-10-14(15)12-23-25/h3-12,16-19H,2H2,1H3/t16-,17+,18-,19-/m0/s1. The van der Waals surface area contributed by atoms with Crippen molar-refractivity contribution in [1.82, 2.24) is 9.91 Å². The molecule has 3 aliphatic heterocycles. The third kappa shape index (κ3) is 2.14. The fraction of sp³-hybridized carbons (Fsp3) is 0.273. The summed E-state index contributed by atoms with van der Waals surface area (Å²) < 4.78 is 0. The highest BCUT2D eigenvalue weighted by atomic mass is 16.2. The second-order valence-corrected chi connectivity index (χ2v) is 7.35. The average molecular weight is 373 g/mol. The monoisotopic (exact) mass is 373 g/mol. The number of fused-ring (bicyclic) bond motifs is 5. The van der Waals surface area contributed by atoms with Gasteiger partial charge in [0.15, 0.2) is 5.78 Å². The Labute approximate surface area is 162 Å². The molecule has 2 saturated heterocycles. The molecule has 6 heteroatoms. The highest BCUT2D eigenvalue weighted by molar-refractivity contribution is 6.12. The van der Waals surface area contributed by atoms with E-state index < -0.39 is 23.9 Å². The van der Waals surface area contributed by atoms with Crippen LogP contribution < -0.4 is 0 Å². The number of amides is 2. The van der Waals surface area contributed by atoms with Gasteiger partial charge in [-0.3, -0.25) is 24.3 Å². The van der Waals surface area contributed by atoms with Crippen LogP contribution in [0.2, 0.25) is 0 Å². The number of hydrogen-bond acceptors (Lipinski definition) is 5. The molecule has 0 N–H and O–H groups in total. The van der Waals surface area contributed by atoms with E-state index in [1.807, 2.05) is 30.3 Å². The number of carbonyl (C=O) groups is 3. The molecule has 2 aromatic rings. The molecule has 3 aliphatic rings. The van der Waals surface area contributed by atoms with Gasteiger partial charge in [0.05, 0.1) is 24.1 Å². The first-order valence-corrected chi connectivity index (χ1v) is 9.49. The molecule has 0 aromatic heterocycles. The number of Topliss-reactive ketones (excluding diaryl/α,β-unsaturated/α-hetero) is 1. The minimum atomic E-state index is -0.782. The van der Waals surface area contributed by atoms with Crippen molar-refractivity contribution in [2.24, 2.45) is 16.9 Å². The Bertz CT molecular complexity index is 1020. The number of nitrogens with zero attached hydrogens (tertiary/aromatic N) is 3. The first kappa shape index (κ1) is 16.9. The van der Waals surface area contributed by atoms with Gasteiger partial charge in [-0.05, 0) is 18.1 Å². The first-order chi connectivity index (χ1) is 13.6. The van der Waals surface area contributed by atoms with Crippen molar-refractivity contribution in [2.75, 3.05) is 6.54 Å². The van der Waals surface area contributed by atoms with E-state index >= 15 is 0 Å². The van der Waals surface area contributed by atoms with Gasteiger partial charge in [0.1, 0.15) is 6.04 Å². The lowest BCUT2D eigenvalue weighted by Crippen LogP contribution is -2.44. The van der Waals surface area contributed by atoms with Gasteiger partial charge in [-0.25, -0.2) is 0 Å². The van der Waals surface area contributed by atoms with Gasteiger partial charge >= 0.3 is 0 Å². The minimum absolute atomic E-state index is 0.172. The molecule has 5 rings (SSSR count). The third-order valence-corrected chi connectivity index (χ3v) is 6.03. The number of hydrazone groups is 1. The smallest absolute Gasteiger partial charge is 0.235 e. The van der Waals surface area contributed by atoms with Crippen molar-refractivity contribution in [3.8, 4) is 0 Å². The van der Waals surface area contributed by atoms with E-state index in [0.717, 1.165) is 11.1 Å². The molecule has 2 aromatic carbocycles. The molecule has 0 radical (unpaired) electrons. The molecule has 0 saturated carbocycles. The maximum absolute atomic E-state index is 13.4. The first-order valence-electron chi connectivity index (χ1n) is 9.49. The summed E-state index contributed by atoms with van der Waals surface area (Å²) >= 11 is 0. The lowest BCUT2D eigenvalue weighted by Gasteiger charge is -2.33. The Kier molecular flexibility index (Phi) is 3.69. The predicted molar refractivity (Wildman–Crippen MR) is 103 cm³/mol. The highest BCUT2D eigenvalue weighted by Gasteiger charge is 2.64. The Morgan fingerprint density at radius 3 is 2.39 bits per heavy atom. The van der Waals surface area contributed by atoms with Gasteiger partial charge in [0.2, 0.25) is 11.8 Å². The minimum Gasteiger partial charge on any atom is -0.292 e. The average Bonchev–Trinajstić information content (AvgIpc) is 3.21.